The number of hydrogen-bond acceptors (Lipinski definition) is 4. The molecule has 2 aromatic heterocycles. The molecule has 2 rings (SSSR count). The third kappa shape index (κ3) is 1.21. The van der Waals surface area contributed by atoms with Crippen molar-refractivity contribution in [3.8, 4) is 0 Å². The molecule has 0 bridgehead atoms. The normalized spacial score (nSPS) is 10.4. The zero-order valence-corrected chi connectivity index (χ0v) is 7.53. The Balaban J connectivity index is 2.62. The Bertz CT molecular complexity index is 489. The molecule has 0 saturated heterocycles. The van der Waals surface area contributed by atoms with Gasteiger partial charge >= 0.3 is 5.91 Å². The Labute approximate surface area is 79.5 Å². The van der Waals surface area contributed by atoms with E-state index in [1.54, 1.807) is 6.20 Å². The van der Waals surface area contributed by atoms with Crippen molar-refractivity contribution in [2.45, 2.75) is 6.92 Å². The number of aryl methyl sites for hydroxylation is 1. The van der Waals surface area contributed by atoms with Gasteiger partial charge in [0.05, 0.1) is 5.52 Å². The first-order valence-electron chi connectivity index (χ1n) is 4.04. The van der Waals surface area contributed by atoms with Crippen molar-refractivity contribution in [2.24, 2.45) is 5.84 Å². The lowest BCUT2D eigenvalue weighted by Gasteiger charge is -1.91. The maximum Gasteiger partial charge on any atom is 0.301 e. The number of H-pyrrole nitrogens is 1. The van der Waals surface area contributed by atoms with Gasteiger partial charge < -0.3 is 4.98 Å². The SMILES string of the molecule is Cc1ccnc2nc(C(=O)NN)[nH]c12. The van der Waals surface area contributed by atoms with Crippen molar-refractivity contribution >= 4 is 17.1 Å². The summed E-state index contributed by atoms with van der Waals surface area (Å²) in [6.07, 6.45) is 1.64. The van der Waals surface area contributed by atoms with Crippen molar-refractivity contribution in [1.29, 1.82) is 0 Å². The number of nitrogens with one attached hydrogen (secondary N) is 2. The monoisotopic (exact) mass is 191 g/mol. The number of hydrazine groups is 1. The molecular formula is C8H9N5O. The average Bonchev–Trinajstić information content (AvgIpc) is 2.62. The average molecular weight is 191 g/mol. The van der Waals surface area contributed by atoms with Crippen LogP contribution in [-0.2, 0) is 0 Å². The van der Waals surface area contributed by atoms with Gasteiger partial charge in [-0.1, -0.05) is 0 Å². The predicted octanol–water partition coefficient (Wildman–Crippen LogP) is -0.130. The lowest BCUT2D eigenvalue weighted by atomic mass is 10.3. The van der Waals surface area contributed by atoms with E-state index in [2.05, 4.69) is 15.0 Å². The van der Waals surface area contributed by atoms with E-state index in [0.717, 1.165) is 11.1 Å². The van der Waals surface area contributed by atoms with E-state index in [4.69, 9.17) is 5.84 Å². The van der Waals surface area contributed by atoms with Crippen molar-refractivity contribution in [1.82, 2.24) is 20.4 Å². The van der Waals surface area contributed by atoms with Crippen LogP contribution in [0.25, 0.3) is 11.2 Å². The molecule has 0 fully saturated rings. The fraction of sp³-hybridized carbons (Fsp3) is 0.125. The van der Waals surface area contributed by atoms with E-state index in [0.29, 0.717) is 5.65 Å². The molecule has 0 aliphatic heterocycles. The number of carbonyl (C=O) groups excluding carboxylic acids is 1. The summed E-state index contributed by atoms with van der Waals surface area (Å²) in [4.78, 5) is 22.0. The molecule has 0 aliphatic carbocycles. The summed E-state index contributed by atoms with van der Waals surface area (Å²) in [5.41, 5.74) is 4.26. The molecule has 14 heavy (non-hydrogen) atoms. The zero-order chi connectivity index (χ0) is 10.1. The van der Waals surface area contributed by atoms with Gasteiger partial charge in [-0.25, -0.2) is 15.8 Å². The second-order valence-corrected chi connectivity index (χ2v) is 2.89. The fourth-order valence-corrected chi connectivity index (χ4v) is 1.21. The van der Waals surface area contributed by atoms with Crippen LogP contribution in [0.1, 0.15) is 16.2 Å². The van der Waals surface area contributed by atoms with E-state index >= 15 is 0 Å². The first-order chi connectivity index (χ1) is 6.72. The zero-order valence-electron chi connectivity index (χ0n) is 7.53. The molecule has 0 spiro atoms. The van der Waals surface area contributed by atoms with Crippen LogP contribution in [0.4, 0.5) is 0 Å². The van der Waals surface area contributed by atoms with Crippen molar-refractivity contribution in [3.63, 3.8) is 0 Å². The number of amides is 1. The lowest BCUT2D eigenvalue weighted by molar-refractivity contribution is 0.0944. The lowest BCUT2D eigenvalue weighted by Crippen LogP contribution is -2.30. The highest BCUT2D eigenvalue weighted by Gasteiger charge is 2.11. The molecular weight excluding hydrogens is 182 g/mol. The molecule has 2 heterocycles. The highest BCUT2D eigenvalue weighted by molar-refractivity contribution is 5.93. The molecule has 0 aromatic carbocycles. The van der Waals surface area contributed by atoms with Gasteiger partial charge in [-0.15, -0.1) is 0 Å². The van der Waals surface area contributed by atoms with Crippen LogP contribution in [0.15, 0.2) is 12.3 Å². The quantitative estimate of drug-likeness (QED) is 0.332. The molecule has 72 valence electrons. The highest BCUT2D eigenvalue weighted by atomic mass is 16.2. The minimum atomic E-state index is -0.456. The fourth-order valence-electron chi connectivity index (χ4n) is 1.21. The first-order valence-corrected chi connectivity index (χ1v) is 4.04. The van der Waals surface area contributed by atoms with Crippen LogP contribution < -0.4 is 11.3 Å². The maximum atomic E-state index is 11.1. The van der Waals surface area contributed by atoms with Crippen molar-refractivity contribution < 1.29 is 4.79 Å². The topological polar surface area (TPSA) is 96.7 Å². The van der Waals surface area contributed by atoms with Gasteiger partial charge in [0, 0.05) is 6.20 Å². The summed E-state index contributed by atoms with van der Waals surface area (Å²) in [5, 5.41) is 0. The Morgan fingerprint density at radius 2 is 2.43 bits per heavy atom. The summed E-state index contributed by atoms with van der Waals surface area (Å²) in [6, 6.07) is 1.84. The first kappa shape index (κ1) is 8.64. The Hall–Kier alpha value is -1.95. The molecule has 6 heteroatoms. The molecule has 0 aliphatic rings. The van der Waals surface area contributed by atoms with Gasteiger partial charge in [0.25, 0.3) is 0 Å². The molecule has 4 N–H and O–H groups in total. The molecule has 0 radical (unpaired) electrons. The van der Waals surface area contributed by atoms with Crippen LogP contribution in [0.2, 0.25) is 0 Å². The molecule has 0 atom stereocenters. The number of rotatable bonds is 1. The van der Waals surface area contributed by atoms with E-state index in [-0.39, 0.29) is 5.82 Å². The van der Waals surface area contributed by atoms with E-state index in [1.165, 1.54) is 0 Å². The summed E-state index contributed by atoms with van der Waals surface area (Å²) < 4.78 is 0. The minimum absolute atomic E-state index is 0.171. The van der Waals surface area contributed by atoms with Crippen LogP contribution in [0.3, 0.4) is 0 Å². The Kier molecular flexibility index (Phi) is 1.90. The van der Waals surface area contributed by atoms with Crippen LogP contribution in [0, 0.1) is 6.92 Å². The van der Waals surface area contributed by atoms with Crippen LogP contribution in [0.5, 0.6) is 0 Å². The molecule has 0 unspecified atom stereocenters. The second-order valence-electron chi connectivity index (χ2n) is 2.89. The van der Waals surface area contributed by atoms with Crippen molar-refractivity contribution in [2.75, 3.05) is 0 Å². The summed E-state index contributed by atoms with van der Waals surface area (Å²) in [6.45, 7) is 1.91. The van der Waals surface area contributed by atoms with E-state index in [1.807, 2.05) is 18.4 Å². The number of aromatic amines is 1. The number of imidazole rings is 1. The third-order valence-electron chi connectivity index (χ3n) is 1.95. The van der Waals surface area contributed by atoms with Gasteiger partial charge in [-0.3, -0.25) is 10.2 Å². The number of hydrogen-bond donors (Lipinski definition) is 3. The van der Waals surface area contributed by atoms with Gasteiger partial charge in [0.15, 0.2) is 11.5 Å². The number of aromatic nitrogens is 3. The van der Waals surface area contributed by atoms with Crippen molar-refractivity contribution in [3.05, 3.63) is 23.7 Å². The standard InChI is InChI=1S/C8H9N5O/c1-4-2-3-10-6-5(4)11-7(12-6)8(14)13-9/h2-3H,9H2,1H3,(H,13,14)(H,10,11,12). The number of pyridine rings is 1. The molecule has 2 aromatic rings. The summed E-state index contributed by atoms with van der Waals surface area (Å²) in [5.74, 6) is 4.70. The number of nitrogens with two attached hydrogens (primary N) is 1. The number of nitrogens with zero attached hydrogens (tertiary/aromatic N) is 2. The van der Waals surface area contributed by atoms with Crippen LogP contribution >= 0.6 is 0 Å². The number of fused-ring (bicyclic) bond motifs is 1. The smallest absolute Gasteiger partial charge is 0.301 e. The maximum absolute atomic E-state index is 11.1. The second kappa shape index (κ2) is 3.08. The molecule has 0 saturated carbocycles. The number of nitrogen functional groups attached to an aromatic ring is 1. The largest absolute Gasteiger partial charge is 0.332 e. The van der Waals surface area contributed by atoms with E-state index < -0.39 is 5.91 Å². The summed E-state index contributed by atoms with van der Waals surface area (Å²) >= 11 is 0. The number of carbonyl (C=O) groups is 1. The van der Waals surface area contributed by atoms with Gasteiger partial charge in [-0.2, -0.15) is 0 Å². The Morgan fingerprint density at radius 1 is 1.64 bits per heavy atom. The molecule has 6 nitrogen and oxygen atoms in total. The van der Waals surface area contributed by atoms with Gasteiger partial charge in [0.1, 0.15) is 0 Å². The molecule has 1 amide bonds. The Morgan fingerprint density at radius 3 is 3.07 bits per heavy atom. The van der Waals surface area contributed by atoms with Crippen LogP contribution in [-0.4, -0.2) is 20.9 Å². The van der Waals surface area contributed by atoms with Gasteiger partial charge in [0.2, 0.25) is 0 Å². The van der Waals surface area contributed by atoms with Gasteiger partial charge in [-0.05, 0) is 18.6 Å². The van der Waals surface area contributed by atoms with E-state index in [9.17, 15) is 4.79 Å². The summed E-state index contributed by atoms with van der Waals surface area (Å²) in [7, 11) is 0. The third-order valence-corrected chi connectivity index (χ3v) is 1.95. The minimum Gasteiger partial charge on any atom is -0.332 e. The highest BCUT2D eigenvalue weighted by Crippen LogP contribution is 2.12. The predicted molar refractivity (Wildman–Crippen MR) is 50.3 cm³/mol.